The molecule has 1 heterocycles. The third-order valence-corrected chi connectivity index (χ3v) is 6.02. The minimum Gasteiger partial charge on any atom is -0.469 e. The molecule has 1 aromatic carbocycles. The van der Waals surface area contributed by atoms with Crippen LogP contribution in [0.5, 0.6) is 0 Å². The minimum atomic E-state index is -3.92. The number of rotatable bonds is 9. The van der Waals surface area contributed by atoms with E-state index in [-0.39, 0.29) is 29.0 Å². The van der Waals surface area contributed by atoms with Crippen LogP contribution in [0.2, 0.25) is 0 Å². The van der Waals surface area contributed by atoms with Crippen molar-refractivity contribution >= 4 is 38.4 Å². The van der Waals surface area contributed by atoms with E-state index in [9.17, 15) is 18.0 Å². The third kappa shape index (κ3) is 5.27. The van der Waals surface area contributed by atoms with Crippen LogP contribution in [0.3, 0.4) is 0 Å². The van der Waals surface area contributed by atoms with Crippen LogP contribution in [0.4, 0.5) is 5.13 Å². The SMILES string of the molecule is COC(=O)CCCNC(=O)CN(c1nccs1)S(=O)(=O)c1ccccc1. The van der Waals surface area contributed by atoms with Crippen molar-refractivity contribution in [1.82, 2.24) is 10.3 Å². The molecule has 26 heavy (non-hydrogen) atoms. The maximum atomic E-state index is 12.9. The number of carbonyl (C=O) groups excluding carboxylic acids is 2. The lowest BCUT2D eigenvalue weighted by molar-refractivity contribution is -0.140. The van der Waals surface area contributed by atoms with Crippen LogP contribution in [0.15, 0.2) is 46.8 Å². The fourth-order valence-electron chi connectivity index (χ4n) is 2.06. The van der Waals surface area contributed by atoms with Gasteiger partial charge in [0, 0.05) is 24.5 Å². The van der Waals surface area contributed by atoms with E-state index in [0.717, 1.165) is 15.6 Å². The van der Waals surface area contributed by atoms with Gasteiger partial charge in [0.15, 0.2) is 5.13 Å². The number of methoxy groups -OCH3 is 1. The van der Waals surface area contributed by atoms with Gasteiger partial charge >= 0.3 is 5.97 Å². The van der Waals surface area contributed by atoms with Crippen molar-refractivity contribution in [3.05, 3.63) is 41.9 Å². The molecule has 2 rings (SSSR count). The summed E-state index contributed by atoms with van der Waals surface area (Å²) in [4.78, 5) is 27.3. The van der Waals surface area contributed by atoms with E-state index < -0.39 is 22.5 Å². The number of aromatic nitrogens is 1. The molecule has 0 aliphatic heterocycles. The number of esters is 1. The van der Waals surface area contributed by atoms with Gasteiger partial charge < -0.3 is 10.1 Å². The van der Waals surface area contributed by atoms with Crippen molar-refractivity contribution < 1.29 is 22.7 Å². The first-order chi connectivity index (χ1) is 12.4. The quantitative estimate of drug-likeness (QED) is 0.507. The predicted octanol–water partition coefficient (Wildman–Crippen LogP) is 1.41. The topological polar surface area (TPSA) is 106 Å². The molecule has 0 fully saturated rings. The molecule has 0 radical (unpaired) electrons. The zero-order valence-corrected chi connectivity index (χ0v) is 15.8. The molecule has 0 spiro atoms. The lowest BCUT2D eigenvalue weighted by Gasteiger charge is -2.21. The molecule has 10 heteroatoms. The summed E-state index contributed by atoms with van der Waals surface area (Å²) < 4.78 is 31.2. The molecule has 0 bridgehead atoms. The predicted molar refractivity (Wildman–Crippen MR) is 97.3 cm³/mol. The highest BCUT2D eigenvalue weighted by atomic mass is 32.2. The van der Waals surface area contributed by atoms with Gasteiger partial charge in [-0.25, -0.2) is 17.7 Å². The van der Waals surface area contributed by atoms with Crippen LogP contribution in [-0.2, 0) is 24.3 Å². The van der Waals surface area contributed by atoms with Crippen molar-refractivity contribution in [3.63, 3.8) is 0 Å². The standard InChI is InChI=1S/C16H19N3O5S2/c1-24-15(21)8-5-9-17-14(20)12-19(16-18-10-11-25-16)26(22,23)13-6-3-2-4-7-13/h2-4,6-7,10-11H,5,8-9,12H2,1H3,(H,17,20). The Morgan fingerprint density at radius 3 is 2.62 bits per heavy atom. The largest absolute Gasteiger partial charge is 0.469 e. The van der Waals surface area contributed by atoms with Crippen LogP contribution in [0, 0.1) is 0 Å². The number of nitrogens with one attached hydrogen (secondary N) is 1. The summed E-state index contributed by atoms with van der Waals surface area (Å²) in [6, 6.07) is 7.86. The molecule has 0 unspecified atom stereocenters. The number of hydrogen-bond acceptors (Lipinski definition) is 7. The molecule has 1 amide bonds. The molecule has 1 N–H and O–H groups in total. The second kappa shape index (κ2) is 9.30. The van der Waals surface area contributed by atoms with Crippen LogP contribution >= 0.6 is 11.3 Å². The number of nitrogens with zero attached hydrogens (tertiary/aromatic N) is 2. The first kappa shape index (κ1) is 19.9. The van der Waals surface area contributed by atoms with Crippen molar-refractivity contribution in [2.75, 3.05) is 24.5 Å². The van der Waals surface area contributed by atoms with E-state index in [1.807, 2.05) is 0 Å². The zero-order chi connectivity index (χ0) is 19.0. The molecule has 0 saturated carbocycles. The summed E-state index contributed by atoms with van der Waals surface area (Å²) >= 11 is 1.12. The number of hydrogen-bond donors (Lipinski definition) is 1. The Balaban J connectivity index is 2.07. The van der Waals surface area contributed by atoms with Gasteiger partial charge in [0.25, 0.3) is 10.0 Å². The van der Waals surface area contributed by atoms with Crippen molar-refractivity contribution in [2.45, 2.75) is 17.7 Å². The van der Waals surface area contributed by atoms with Gasteiger partial charge in [-0.3, -0.25) is 9.59 Å². The Morgan fingerprint density at radius 1 is 1.27 bits per heavy atom. The fraction of sp³-hybridized carbons (Fsp3) is 0.312. The summed E-state index contributed by atoms with van der Waals surface area (Å²) in [5, 5.41) is 4.45. The van der Waals surface area contributed by atoms with Gasteiger partial charge in [-0.05, 0) is 18.6 Å². The molecule has 2 aromatic rings. The third-order valence-electron chi connectivity index (χ3n) is 3.36. The molecule has 0 saturated heterocycles. The first-order valence-electron chi connectivity index (χ1n) is 7.76. The van der Waals surface area contributed by atoms with Crippen molar-refractivity contribution in [1.29, 1.82) is 0 Å². The fourth-order valence-corrected chi connectivity index (χ4v) is 4.33. The highest BCUT2D eigenvalue weighted by Gasteiger charge is 2.28. The second-order valence-corrected chi connectivity index (χ2v) is 7.90. The Kier molecular flexibility index (Phi) is 7.10. The van der Waals surface area contributed by atoms with Gasteiger partial charge in [-0.2, -0.15) is 0 Å². The number of benzene rings is 1. The molecule has 8 nitrogen and oxygen atoms in total. The summed E-state index contributed by atoms with van der Waals surface area (Å²) in [7, 11) is -2.63. The number of amides is 1. The number of anilines is 1. The Labute approximate surface area is 155 Å². The smallest absolute Gasteiger partial charge is 0.305 e. The Hall–Kier alpha value is -2.46. The number of sulfonamides is 1. The lowest BCUT2D eigenvalue weighted by Crippen LogP contribution is -2.41. The number of ether oxygens (including phenoxy) is 1. The van der Waals surface area contributed by atoms with Crippen molar-refractivity contribution in [2.24, 2.45) is 0 Å². The average molecular weight is 397 g/mol. The molecule has 0 aliphatic carbocycles. The lowest BCUT2D eigenvalue weighted by atomic mass is 10.3. The molecule has 0 atom stereocenters. The molecule has 0 aliphatic rings. The van der Waals surface area contributed by atoms with Crippen molar-refractivity contribution in [3.8, 4) is 0 Å². The molecule has 140 valence electrons. The number of carbonyl (C=O) groups is 2. The maximum Gasteiger partial charge on any atom is 0.305 e. The van der Waals surface area contributed by atoms with Gasteiger partial charge in [-0.1, -0.05) is 18.2 Å². The summed E-state index contributed by atoms with van der Waals surface area (Å²) in [6.07, 6.45) is 2.05. The van der Waals surface area contributed by atoms with E-state index in [2.05, 4.69) is 15.0 Å². The van der Waals surface area contributed by atoms with E-state index in [4.69, 9.17) is 0 Å². The highest BCUT2D eigenvalue weighted by Crippen LogP contribution is 2.25. The highest BCUT2D eigenvalue weighted by molar-refractivity contribution is 7.93. The molecular formula is C16H19N3O5S2. The molecule has 1 aromatic heterocycles. The summed E-state index contributed by atoms with van der Waals surface area (Å²) in [5.41, 5.74) is 0. The van der Waals surface area contributed by atoms with Crippen LogP contribution in [-0.4, -0.2) is 45.5 Å². The zero-order valence-electron chi connectivity index (χ0n) is 14.1. The first-order valence-corrected chi connectivity index (χ1v) is 10.1. The Morgan fingerprint density at radius 2 is 2.00 bits per heavy atom. The van der Waals surface area contributed by atoms with Gasteiger partial charge in [-0.15, -0.1) is 11.3 Å². The summed E-state index contributed by atoms with van der Waals surface area (Å²) in [6.45, 7) is -0.159. The van der Waals surface area contributed by atoms with E-state index >= 15 is 0 Å². The van der Waals surface area contributed by atoms with Crippen LogP contribution in [0.1, 0.15) is 12.8 Å². The molecular weight excluding hydrogens is 378 g/mol. The normalized spacial score (nSPS) is 11.0. The van der Waals surface area contributed by atoms with Gasteiger partial charge in [0.05, 0.1) is 12.0 Å². The van der Waals surface area contributed by atoms with E-state index in [0.29, 0.717) is 6.42 Å². The monoisotopic (exact) mass is 397 g/mol. The maximum absolute atomic E-state index is 12.9. The Bertz CT molecular complexity index is 823. The second-order valence-electron chi connectivity index (χ2n) is 5.17. The minimum absolute atomic E-state index is 0.0775. The van der Waals surface area contributed by atoms with Gasteiger partial charge in [0.1, 0.15) is 6.54 Å². The van der Waals surface area contributed by atoms with Crippen LogP contribution in [0.25, 0.3) is 0 Å². The van der Waals surface area contributed by atoms with E-state index in [1.54, 1.807) is 23.6 Å². The average Bonchev–Trinajstić information content (AvgIpc) is 3.17. The van der Waals surface area contributed by atoms with Gasteiger partial charge in [0.2, 0.25) is 5.91 Å². The van der Waals surface area contributed by atoms with Crippen LogP contribution < -0.4 is 9.62 Å². The van der Waals surface area contributed by atoms with E-state index in [1.165, 1.54) is 25.4 Å². The number of thiazole rings is 1. The summed E-state index contributed by atoms with van der Waals surface area (Å²) in [5.74, 6) is -0.847.